The van der Waals surface area contributed by atoms with Crippen LogP contribution in [0, 0.1) is 0 Å². The molecule has 4 rings (SSSR count). The molecule has 20 heavy (non-hydrogen) atoms. The molecule has 2 atom stereocenters. The Balaban J connectivity index is 1.69. The first-order chi connectivity index (χ1) is 9.75. The van der Waals surface area contributed by atoms with Crippen LogP contribution in [0.5, 0.6) is 0 Å². The van der Waals surface area contributed by atoms with Crippen molar-refractivity contribution in [3.05, 3.63) is 59.7 Å². The fraction of sp³-hybridized carbons (Fsp3) is 0.125. The van der Waals surface area contributed by atoms with Crippen LogP contribution in [0.3, 0.4) is 0 Å². The van der Waals surface area contributed by atoms with Gasteiger partial charge in [-0.05, 0) is 18.2 Å². The maximum Gasteiger partial charge on any atom is 0.188 e. The Bertz CT molecular complexity index is 677. The van der Waals surface area contributed by atoms with Gasteiger partial charge in [0.25, 0.3) is 0 Å². The van der Waals surface area contributed by atoms with Gasteiger partial charge >= 0.3 is 0 Å². The molecular formula is C16H11NO2S. The van der Waals surface area contributed by atoms with Crippen LogP contribution in [0.1, 0.15) is 20.7 Å². The summed E-state index contributed by atoms with van der Waals surface area (Å²) < 4.78 is 0. The maximum absolute atomic E-state index is 12.5. The number of carbonyl (C=O) groups excluding carboxylic acids is 2. The molecule has 2 aliphatic heterocycles. The zero-order valence-corrected chi connectivity index (χ0v) is 11.3. The van der Waals surface area contributed by atoms with Crippen LogP contribution in [-0.2, 0) is 0 Å². The molecule has 2 unspecified atom stereocenters. The zero-order valence-electron chi connectivity index (χ0n) is 10.5. The highest BCUT2D eigenvalue weighted by molar-refractivity contribution is 8.01. The van der Waals surface area contributed by atoms with Gasteiger partial charge in [-0.25, -0.2) is 0 Å². The van der Waals surface area contributed by atoms with Crippen molar-refractivity contribution in [2.75, 3.05) is 5.32 Å². The lowest BCUT2D eigenvalue weighted by Crippen LogP contribution is -2.37. The van der Waals surface area contributed by atoms with Gasteiger partial charge in [-0.2, -0.15) is 0 Å². The third kappa shape index (κ3) is 1.55. The summed E-state index contributed by atoms with van der Waals surface area (Å²) in [5.41, 5.74) is 2.24. The van der Waals surface area contributed by atoms with Gasteiger partial charge in [0.1, 0.15) is 11.3 Å². The molecule has 0 aliphatic carbocycles. The first-order valence-corrected chi connectivity index (χ1v) is 7.33. The third-order valence-electron chi connectivity index (χ3n) is 3.75. The smallest absolute Gasteiger partial charge is 0.188 e. The minimum atomic E-state index is -0.461. The maximum atomic E-state index is 12.5. The standard InChI is InChI=1S/C16H11NO2S/c18-14-9-5-1-3-7-11(9)17-13(14)16-15(19)10-6-2-4-8-12(10)20-16/h1-8,13,16-17H. The Morgan fingerprint density at radius 2 is 1.55 bits per heavy atom. The minimum Gasteiger partial charge on any atom is -0.373 e. The topological polar surface area (TPSA) is 46.2 Å². The van der Waals surface area contributed by atoms with Crippen molar-refractivity contribution in [3.8, 4) is 0 Å². The number of fused-ring (bicyclic) bond motifs is 2. The summed E-state index contributed by atoms with van der Waals surface area (Å²) in [6.07, 6.45) is 0. The van der Waals surface area contributed by atoms with Crippen molar-refractivity contribution >= 4 is 29.0 Å². The van der Waals surface area contributed by atoms with Crippen molar-refractivity contribution in [3.63, 3.8) is 0 Å². The van der Waals surface area contributed by atoms with E-state index >= 15 is 0 Å². The summed E-state index contributed by atoms with van der Waals surface area (Å²) in [6, 6.07) is 14.5. The highest BCUT2D eigenvalue weighted by Gasteiger charge is 2.44. The average molecular weight is 281 g/mol. The number of hydrogen-bond acceptors (Lipinski definition) is 4. The predicted octanol–water partition coefficient (Wildman–Crippen LogP) is 3.02. The molecule has 0 radical (unpaired) electrons. The molecule has 4 heteroatoms. The van der Waals surface area contributed by atoms with E-state index < -0.39 is 6.04 Å². The summed E-state index contributed by atoms with van der Waals surface area (Å²) in [6.45, 7) is 0. The largest absolute Gasteiger partial charge is 0.373 e. The molecule has 0 spiro atoms. The summed E-state index contributed by atoms with van der Waals surface area (Å²) in [4.78, 5) is 25.9. The number of nitrogens with one attached hydrogen (secondary N) is 1. The zero-order chi connectivity index (χ0) is 13.7. The number of para-hydroxylation sites is 1. The second-order valence-corrected chi connectivity index (χ2v) is 6.11. The molecule has 3 nitrogen and oxygen atoms in total. The SMILES string of the molecule is O=C1c2ccccc2NC1C1Sc2ccccc2C1=O. The summed E-state index contributed by atoms with van der Waals surface area (Å²) >= 11 is 1.48. The molecule has 0 bridgehead atoms. The van der Waals surface area contributed by atoms with Gasteiger partial charge in [0.15, 0.2) is 11.6 Å². The molecule has 0 fully saturated rings. The summed E-state index contributed by atoms with van der Waals surface area (Å²) in [5.74, 6) is 0.0588. The number of anilines is 1. The molecule has 2 aromatic rings. The van der Waals surface area contributed by atoms with E-state index in [1.807, 2.05) is 48.5 Å². The van der Waals surface area contributed by atoms with Crippen molar-refractivity contribution in [2.45, 2.75) is 16.2 Å². The molecule has 0 aromatic heterocycles. The highest BCUT2D eigenvalue weighted by Crippen LogP contribution is 2.41. The molecule has 2 heterocycles. The fourth-order valence-electron chi connectivity index (χ4n) is 2.77. The number of hydrogen-bond donors (Lipinski definition) is 1. The third-order valence-corrected chi connectivity index (χ3v) is 5.10. The molecule has 98 valence electrons. The van der Waals surface area contributed by atoms with Crippen molar-refractivity contribution < 1.29 is 9.59 Å². The second kappa shape index (κ2) is 4.21. The van der Waals surface area contributed by atoms with Gasteiger partial charge in [0.05, 0.1) is 0 Å². The van der Waals surface area contributed by atoms with Crippen LogP contribution in [0.25, 0.3) is 0 Å². The number of Topliss-reactive ketones (excluding diaryl/α,β-unsaturated/α-hetero) is 2. The predicted molar refractivity (Wildman–Crippen MR) is 78.6 cm³/mol. The monoisotopic (exact) mass is 281 g/mol. The molecule has 2 aromatic carbocycles. The van der Waals surface area contributed by atoms with Gasteiger partial charge < -0.3 is 5.32 Å². The molecule has 0 saturated carbocycles. The molecule has 0 amide bonds. The van der Waals surface area contributed by atoms with E-state index in [0.29, 0.717) is 5.56 Å². The number of carbonyl (C=O) groups is 2. The molecule has 2 aliphatic rings. The first kappa shape index (κ1) is 11.7. The van der Waals surface area contributed by atoms with Gasteiger partial charge in [-0.3, -0.25) is 9.59 Å². The van der Waals surface area contributed by atoms with Crippen molar-refractivity contribution in [1.29, 1.82) is 0 Å². The fourth-order valence-corrected chi connectivity index (χ4v) is 4.06. The first-order valence-electron chi connectivity index (χ1n) is 6.45. The lowest BCUT2D eigenvalue weighted by molar-refractivity contribution is 0.0920. The molecule has 0 saturated heterocycles. The van der Waals surface area contributed by atoms with Gasteiger partial charge in [0, 0.05) is 21.7 Å². The average Bonchev–Trinajstić information content (AvgIpc) is 2.98. The minimum absolute atomic E-state index is 0.0132. The van der Waals surface area contributed by atoms with Crippen molar-refractivity contribution in [1.82, 2.24) is 0 Å². The Labute approximate surface area is 120 Å². The Hall–Kier alpha value is -2.07. The van der Waals surface area contributed by atoms with E-state index in [-0.39, 0.29) is 16.8 Å². The summed E-state index contributed by atoms with van der Waals surface area (Å²) in [5, 5.41) is 2.83. The lowest BCUT2D eigenvalue weighted by Gasteiger charge is -2.15. The molecular weight excluding hydrogens is 270 g/mol. The Morgan fingerprint density at radius 1 is 0.850 bits per heavy atom. The number of ketones is 2. The van der Waals surface area contributed by atoms with Gasteiger partial charge in [-0.1, -0.05) is 30.3 Å². The number of benzene rings is 2. The number of thioether (sulfide) groups is 1. The Morgan fingerprint density at radius 3 is 2.30 bits per heavy atom. The number of rotatable bonds is 1. The van der Waals surface area contributed by atoms with Crippen LogP contribution in [0.4, 0.5) is 5.69 Å². The van der Waals surface area contributed by atoms with Gasteiger partial charge in [-0.15, -0.1) is 11.8 Å². The normalized spacial score (nSPS) is 23.4. The second-order valence-electron chi connectivity index (χ2n) is 4.93. The van der Waals surface area contributed by atoms with Crippen LogP contribution in [0.2, 0.25) is 0 Å². The van der Waals surface area contributed by atoms with Crippen molar-refractivity contribution in [2.24, 2.45) is 0 Å². The van der Waals surface area contributed by atoms with E-state index in [0.717, 1.165) is 16.1 Å². The highest BCUT2D eigenvalue weighted by atomic mass is 32.2. The van der Waals surface area contributed by atoms with Crippen LogP contribution >= 0.6 is 11.8 Å². The summed E-state index contributed by atoms with van der Waals surface area (Å²) in [7, 11) is 0. The van der Waals surface area contributed by atoms with E-state index in [2.05, 4.69) is 5.32 Å². The van der Waals surface area contributed by atoms with Gasteiger partial charge in [0.2, 0.25) is 0 Å². The quantitative estimate of drug-likeness (QED) is 0.872. The van der Waals surface area contributed by atoms with Crippen LogP contribution in [0.15, 0.2) is 53.4 Å². The van der Waals surface area contributed by atoms with E-state index in [1.54, 1.807) is 0 Å². The van der Waals surface area contributed by atoms with E-state index in [1.165, 1.54) is 11.8 Å². The Kier molecular flexibility index (Phi) is 2.47. The van der Waals surface area contributed by atoms with E-state index in [4.69, 9.17) is 0 Å². The van der Waals surface area contributed by atoms with Crippen LogP contribution < -0.4 is 5.32 Å². The van der Waals surface area contributed by atoms with E-state index in [9.17, 15) is 9.59 Å². The van der Waals surface area contributed by atoms with Crippen LogP contribution in [-0.4, -0.2) is 22.9 Å². The molecule has 1 N–H and O–H groups in total. The lowest BCUT2D eigenvalue weighted by atomic mass is 10.00.